The van der Waals surface area contributed by atoms with Crippen molar-refractivity contribution in [1.82, 2.24) is 9.21 Å². The molecule has 0 aromatic heterocycles. The lowest BCUT2D eigenvalue weighted by Gasteiger charge is -2.35. The van der Waals surface area contributed by atoms with Gasteiger partial charge in [0.25, 0.3) is 0 Å². The number of rotatable bonds is 3. The molecule has 2 fully saturated rings. The molecule has 0 bridgehead atoms. The molecule has 1 aromatic rings. The number of hydrogen-bond acceptors (Lipinski definition) is 4. The van der Waals surface area contributed by atoms with Crippen LogP contribution in [-0.2, 0) is 14.8 Å². The van der Waals surface area contributed by atoms with Crippen LogP contribution in [0.15, 0.2) is 23.1 Å². The summed E-state index contributed by atoms with van der Waals surface area (Å²) in [6, 6.07) is 5.60. The smallest absolute Gasteiger partial charge is 0.243 e. The van der Waals surface area contributed by atoms with Gasteiger partial charge in [-0.25, -0.2) is 8.42 Å². The van der Waals surface area contributed by atoms with Gasteiger partial charge in [-0.2, -0.15) is 4.31 Å². The zero-order valence-corrected chi connectivity index (χ0v) is 15.8. The predicted octanol–water partition coefficient (Wildman–Crippen LogP) is 1.26. The van der Waals surface area contributed by atoms with Gasteiger partial charge in [0.05, 0.1) is 4.90 Å². The molecule has 1 aromatic carbocycles. The number of nitrogens with two attached hydrogens (primary N) is 1. The van der Waals surface area contributed by atoms with Gasteiger partial charge in [-0.3, -0.25) is 4.79 Å². The Morgan fingerprint density at radius 3 is 2.40 bits per heavy atom. The maximum atomic E-state index is 12.9. The van der Waals surface area contributed by atoms with Crippen LogP contribution in [-0.4, -0.2) is 55.8 Å². The van der Waals surface area contributed by atoms with Crippen LogP contribution in [0.5, 0.6) is 0 Å². The average molecular weight is 365 g/mol. The van der Waals surface area contributed by atoms with E-state index >= 15 is 0 Å². The van der Waals surface area contributed by atoms with Crippen LogP contribution in [0.25, 0.3) is 0 Å². The highest BCUT2D eigenvalue weighted by Gasteiger charge is 2.35. The largest absolute Gasteiger partial charge is 0.340 e. The minimum absolute atomic E-state index is 0.0113. The number of aryl methyl sites for hydroxylation is 2. The minimum Gasteiger partial charge on any atom is -0.340 e. The van der Waals surface area contributed by atoms with Crippen molar-refractivity contribution in [2.75, 3.05) is 26.2 Å². The number of nitrogens with zero attached hydrogens (tertiary/aromatic N) is 2. The number of carbonyl (C=O) groups is 1. The Balaban J connectivity index is 1.67. The quantitative estimate of drug-likeness (QED) is 0.874. The summed E-state index contributed by atoms with van der Waals surface area (Å²) < 4.78 is 27.4. The number of sulfonamides is 1. The van der Waals surface area contributed by atoms with E-state index in [1.54, 1.807) is 11.0 Å². The molecule has 2 aliphatic rings. The first-order valence-corrected chi connectivity index (χ1v) is 10.3. The van der Waals surface area contributed by atoms with Crippen molar-refractivity contribution < 1.29 is 13.2 Å². The van der Waals surface area contributed by atoms with Crippen LogP contribution in [0, 0.1) is 19.8 Å². The van der Waals surface area contributed by atoms with Crippen LogP contribution >= 0.6 is 0 Å². The van der Waals surface area contributed by atoms with Crippen LogP contribution in [0.4, 0.5) is 0 Å². The molecule has 0 radical (unpaired) electrons. The van der Waals surface area contributed by atoms with Gasteiger partial charge in [-0.15, -0.1) is 0 Å². The Bertz CT molecular complexity index is 755. The van der Waals surface area contributed by atoms with Crippen molar-refractivity contribution in [3.8, 4) is 0 Å². The Morgan fingerprint density at radius 2 is 1.80 bits per heavy atom. The third-order valence-electron chi connectivity index (χ3n) is 5.33. The molecule has 25 heavy (non-hydrogen) atoms. The summed E-state index contributed by atoms with van der Waals surface area (Å²) in [6.45, 7) is 5.31. The summed E-state index contributed by atoms with van der Waals surface area (Å²) in [4.78, 5) is 14.7. The van der Waals surface area contributed by atoms with Gasteiger partial charge in [-0.1, -0.05) is 12.1 Å². The van der Waals surface area contributed by atoms with Crippen LogP contribution in [0.1, 0.15) is 30.4 Å². The van der Waals surface area contributed by atoms with E-state index in [0.717, 1.165) is 30.4 Å². The Hall–Kier alpha value is -1.44. The summed E-state index contributed by atoms with van der Waals surface area (Å²) >= 11 is 0. The SMILES string of the molecule is Cc1ccc(C)c(S(=O)(=O)N2CCN(C(=O)C3CCC(N)C3)CC2)c1. The second-order valence-electron chi connectivity index (χ2n) is 7.27. The molecule has 1 amide bonds. The van der Waals surface area contributed by atoms with E-state index in [-0.39, 0.29) is 17.9 Å². The van der Waals surface area contributed by atoms with E-state index in [0.29, 0.717) is 31.1 Å². The van der Waals surface area contributed by atoms with Gasteiger partial charge in [0, 0.05) is 38.1 Å². The molecule has 3 rings (SSSR count). The molecule has 2 atom stereocenters. The Labute approximate surface area is 150 Å². The van der Waals surface area contributed by atoms with E-state index in [2.05, 4.69) is 0 Å². The van der Waals surface area contributed by atoms with Gasteiger partial charge in [0.1, 0.15) is 0 Å². The van der Waals surface area contributed by atoms with E-state index < -0.39 is 10.0 Å². The molecule has 2 N–H and O–H groups in total. The molecule has 1 aliphatic carbocycles. The lowest BCUT2D eigenvalue weighted by atomic mass is 10.1. The third kappa shape index (κ3) is 3.73. The molecular formula is C18H27N3O3S. The number of piperazine rings is 1. The first kappa shape index (κ1) is 18.4. The Kier molecular flexibility index (Phi) is 5.18. The molecule has 6 nitrogen and oxygen atoms in total. The van der Waals surface area contributed by atoms with Gasteiger partial charge in [0.2, 0.25) is 15.9 Å². The van der Waals surface area contributed by atoms with E-state index in [4.69, 9.17) is 5.73 Å². The average Bonchev–Trinajstić information content (AvgIpc) is 3.03. The number of amides is 1. The fraction of sp³-hybridized carbons (Fsp3) is 0.611. The third-order valence-corrected chi connectivity index (χ3v) is 7.37. The molecule has 1 aliphatic heterocycles. The van der Waals surface area contributed by atoms with Crippen molar-refractivity contribution in [2.24, 2.45) is 11.7 Å². The summed E-state index contributed by atoms with van der Waals surface area (Å²) in [5.74, 6) is 0.147. The van der Waals surface area contributed by atoms with Crippen LogP contribution in [0.3, 0.4) is 0 Å². The minimum atomic E-state index is -3.52. The second-order valence-corrected chi connectivity index (χ2v) is 9.17. The molecule has 1 saturated carbocycles. The lowest BCUT2D eigenvalue weighted by molar-refractivity contribution is -0.136. The zero-order valence-electron chi connectivity index (χ0n) is 14.9. The number of benzene rings is 1. The van der Waals surface area contributed by atoms with Gasteiger partial charge < -0.3 is 10.6 Å². The van der Waals surface area contributed by atoms with Crippen molar-refractivity contribution in [3.05, 3.63) is 29.3 Å². The topological polar surface area (TPSA) is 83.7 Å². The highest BCUT2D eigenvalue weighted by Crippen LogP contribution is 2.27. The number of hydrogen-bond donors (Lipinski definition) is 1. The van der Waals surface area contributed by atoms with Crippen LogP contribution in [0.2, 0.25) is 0 Å². The van der Waals surface area contributed by atoms with Crippen molar-refractivity contribution in [3.63, 3.8) is 0 Å². The second kappa shape index (κ2) is 7.05. The maximum absolute atomic E-state index is 12.9. The molecular weight excluding hydrogens is 338 g/mol. The highest BCUT2D eigenvalue weighted by molar-refractivity contribution is 7.89. The molecule has 0 spiro atoms. The molecule has 7 heteroatoms. The van der Waals surface area contributed by atoms with E-state index in [1.807, 2.05) is 26.0 Å². The number of carbonyl (C=O) groups excluding carboxylic acids is 1. The normalized spacial score (nSPS) is 25.3. The summed E-state index contributed by atoms with van der Waals surface area (Å²) in [5.41, 5.74) is 7.58. The molecule has 1 heterocycles. The highest BCUT2D eigenvalue weighted by atomic mass is 32.2. The standard InChI is InChI=1S/C18H27N3O3S/c1-13-3-4-14(2)17(11-13)25(23,24)21-9-7-20(8-10-21)18(22)15-5-6-16(19)12-15/h3-4,11,15-16H,5-10,12,19H2,1-2H3. The van der Waals surface area contributed by atoms with Gasteiger partial charge >= 0.3 is 0 Å². The predicted molar refractivity (Wildman–Crippen MR) is 96.6 cm³/mol. The van der Waals surface area contributed by atoms with Gasteiger partial charge in [0.15, 0.2) is 0 Å². The molecule has 1 saturated heterocycles. The summed E-state index contributed by atoms with van der Waals surface area (Å²) in [6.07, 6.45) is 2.50. The Morgan fingerprint density at radius 1 is 1.12 bits per heavy atom. The fourth-order valence-corrected chi connectivity index (χ4v) is 5.50. The van der Waals surface area contributed by atoms with Crippen molar-refractivity contribution in [2.45, 2.75) is 44.0 Å². The summed E-state index contributed by atoms with van der Waals surface area (Å²) in [5, 5.41) is 0. The molecule has 2 unspecified atom stereocenters. The first-order valence-electron chi connectivity index (χ1n) is 8.91. The van der Waals surface area contributed by atoms with Crippen LogP contribution < -0.4 is 5.73 Å². The maximum Gasteiger partial charge on any atom is 0.243 e. The fourth-order valence-electron chi connectivity index (χ4n) is 3.77. The van der Waals surface area contributed by atoms with Crippen molar-refractivity contribution >= 4 is 15.9 Å². The monoisotopic (exact) mass is 365 g/mol. The lowest BCUT2D eigenvalue weighted by Crippen LogP contribution is -2.51. The van der Waals surface area contributed by atoms with Gasteiger partial charge in [-0.05, 0) is 50.3 Å². The first-order chi connectivity index (χ1) is 11.8. The van der Waals surface area contributed by atoms with E-state index in [1.165, 1.54) is 4.31 Å². The van der Waals surface area contributed by atoms with E-state index in [9.17, 15) is 13.2 Å². The molecule has 138 valence electrons. The zero-order chi connectivity index (χ0) is 18.2. The van der Waals surface area contributed by atoms with Crippen molar-refractivity contribution in [1.29, 1.82) is 0 Å². The summed E-state index contributed by atoms with van der Waals surface area (Å²) in [7, 11) is -3.52.